The van der Waals surface area contributed by atoms with Crippen molar-refractivity contribution >= 4 is 34.4 Å². The zero-order chi connectivity index (χ0) is 24.5. The van der Waals surface area contributed by atoms with Crippen LogP contribution < -0.4 is 10.2 Å². The monoisotopic (exact) mass is 469 g/mol. The maximum Gasteiger partial charge on any atom is 0.339 e. The Bertz CT molecular complexity index is 1420. The van der Waals surface area contributed by atoms with Crippen LogP contribution >= 0.6 is 0 Å². The van der Waals surface area contributed by atoms with Crippen LogP contribution in [-0.4, -0.2) is 46.6 Å². The Balaban J connectivity index is 1.67. The molecule has 35 heavy (non-hydrogen) atoms. The highest BCUT2D eigenvalue weighted by Crippen LogP contribution is 2.35. The largest absolute Gasteiger partial charge is 0.465 e. The number of benzene rings is 2. The number of methoxy groups -OCH3 is 1. The van der Waals surface area contributed by atoms with Crippen LogP contribution in [0.2, 0.25) is 0 Å². The molecule has 5 rings (SSSR count). The molecule has 2 aromatic carbocycles. The molecule has 0 saturated carbocycles. The quantitative estimate of drug-likeness (QED) is 0.427. The number of fused-ring (bicyclic) bond motifs is 1. The molecule has 3 heterocycles. The molecular formula is C27H27N5O3. The Morgan fingerprint density at radius 1 is 0.943 bits per heavy atom. The summed E-state index contributed by atoms with van der Waals surface area (Å²) in [6.45, 7) is 5.90. The molecule has 0 aliphatic carbocycles. The highest BCUT2D eigenvalue weighted by molar-refractivity contribution is 6.07. The standard InChI is InChI=1S/C27H27N5O3/c1-17-18(2)32(19-11-5-4-6-12-19)25-22(17)24(31-15-9-10-16-31)29-23(30-25)26(33)28-21-14-8-7-13-20(21)27(34)35-3/h4-8,11-14H,9-10,15-16H2,1-3H3,(H,28,33). The van der Waals surface area contributed by atoms with E-state index in [0.29, 0.717) is 11.3 Å². The number of rotatable bonds is 5. The number of nitrogens with zero attached hydrogens (tertiary/aromatic N) is 4. The van der Waals surface area contributed by atoms with E-state index in [4.69, 9.17) is 14.7 Å². The van der Waals surface area contributed by atoms with Crippen LogP contribution in [0.4, 0.5) is 11.5 Å². The van der Waals surface area contributed by atoms with E-state index in [1.54, 1.807) is 24.3 Å². The second-order valence-corrected chi connectivity index (χ2v) is 8.64. The maximum atomic E-state index is 13.4. The Kier molecular flexibility index (Phi) is 5.94. The number of aromatic nitrogens is 3. The number of aryl methyl sites for hydroxylation is 1. The lowest BCUT2D eigenvalue weighted by Crippen LogP contribution is -2.23. The van der Waals surface area contributed by atoms with Crippen LogP contribution in [0, 0.1) is 13.8 Å². The number of carbonyl (C=O) groups is 2. The van der Waals surface area contributed by atoms with Crippen LogP contribution in [0.1, 0.15) is 45.1 Å². The first kappa shape index (κ1) is 22.6. The van der Waals surface area contributed by atoms with Gasteiger partial charge in [0.1, 0.15) is 5.82 Å². The molecule has 1 fully saturated rings. The molecule has 0 spiro atoms. The molecule has 0 atom stereocenters. The predicted molar refractivity (Wildman–Crippen MR) is 136 cm³/mol. The number of anilines is 2. The van der Waals surface area contributed by atoms with Crippen molar-refractivity contribution in [2.24, 2.45) is 0 Å². The highest BCUT2D eigenvalue weighted by Gasteiger charge is 2.26. The number of amides is 1. The molecule has 4 aromatic rings. The van der Waals surface area contributed by atoms with Gasteiger partial charge in [-0.3, -0.25) is 9.36 Å². The van der Waals surface area contributed by atoms with E-state index in [1.165, 1.54) is 7.11 Å². The fourth-order valence-electron chi connectivity index (χ4n) is 4.65. The lowest BCUT2D eigenvalue weighted by Gasteiger charge is -2.19. The number of ether oxygens (including phenoxy) is 1. The number of nitrogens with one attached hydrogen (secondary N) is 1. The van der Waals surface area contributed by atoms with Crippen molar-refractivity contribution < 1.29 is 14.3 Å². The van der Waals surface area contributed by atoms with Gasteiger partial charge in [0.15, 0.2) is 5.65 Å². The average molecular weight is 470 g/mol. The van der Waals surface area contributed by atoms with E-state index >= 15 is 0 Å². The smallest absolute Gasteiger partial charge is 0.339 e. The molecule has 1 N–H and O–H groups in total. The molecular weight excluding hydrogens is 442 g/mol. The van der Waals surface area contributed by atoms with Gasteiger partial charge in [0.05, 0.1) is 23.7 Å². The van der Waals surface area contributed by atoms with E-state index in [1.807, 2.05) is 30.3 Å². The van der Waals surface area contributed by atoms with Gasteiger partial charge >= 0.3 is 5.97 Å². The molecule has 8 heteroatoms. The summed E-state index contributed by atoms with van der Waals surface area (Å²) in [6.07, 6.45) is 2.16. The van der Waals surface area contributed by atoms with Crippen molar-refractivity contribution in [3.05, 3.63) is 77.2 Å². The Morgan fingerprint density at radius 2 is 1.63 bits per heavy atom. The summed E-state index contributed by atoms with van der Waals surface area (Å²) in [5.41, 5.74) is 4.42. The summed E-state index contributed by atoms with van der Waals surface area (Å²) in [7, 11) is 1.31. The van der Waals surface area contributed by atoms with Gasteiger partial charge in [-0.05, 0) is 56.5 Å². The van der Waals surface area contributed by atoms with Gasteiger partial charge in [-0.15, -0.1) is 0 Å². The van der Waals surface area contributed by atoms with Crippen molar-refractivity contribution in [2.45, 2.75) is 26.7 Å². The Hall–Kier alpha value is -4.20. The van der Waals surface area contributed by atoms with Crippen LogP contribution in [-0.2, 0) is 4.74 Å². The Morgan fingerprint density at radius 3 is 2.34 bits per heavy atom. The number of para-hydroxylation sites is 2. The Labute approximate surface area is 203 Å². The van der Waals surface area contributed by atoms with Gasteiger partial charge in [0.2, 0.25) is 5.82 Å². The van der Waals surface area contributed by atoms with Crippen LogP contribution in [0.25, 0.3) is 16.7 Å². The topological polar surface area (TPSA) is 89.3 Å². The lowest BCUT2D eigenvalue weighted by molar-refractivity contribution is 0.0602. The first-order chi connectivity index (χ1) is 17.0. The van der Waals surface area contributed by atoms with Crippen LogP contribution in [0.5, 0.6) is 0 Å². The van der Waals surface area contributed by atoms with Gasteiger partial charge in [0, 0.05) is 24.5 Å². The normalized spacial score (nSPS) is 13.3. The van der Waals surface area contributed by atoms with E-state index in [2.05, 4.69) is 28.6 Å². The van der Waals surface area contributed by atoms with Crippen molar-refractivity contribution in [1.82, 2.24) is 14.5 Å². The third-order valence-corrected chi connectivity index (χ3v) is 6.54. The third-order valence-electron chi connectivity index (χ3n) is 6.54. The van der Waals surface area contributed by atoms with Crippen molar-refractivity contribution in [3.8, 4) is 5.69 Å². The van der Waals surface area contributed by atoms with Crippen molar-refractivity contribution in [1.29, 1.82) is 0 Å². The molecule has 0 unspecified atom stereocenters. The number of hydrogen-bond acceptors (Lipinski definition) is 6. The van der Waals surface area contributed by atoms with E-state index < -0.39 is 11.9 Å². The fourth-order valence-corrected chi connectivity index (χ4v) is 4.65. The van der Waals surface area contributed by atoms with Crippen molar-refractivity contribution in [3.63, 3.8) is 0 Å². The van der Waals surface area contributed by atoms with E-state index in [-0.39, 0.29) is 11.4 Å². The van der Waals surface area contributed by atoms with Gasteiger partial charge < -0.3 is 15.0 Å². The fraction of sp³-hybridized carbons (Fsp3) is 0.259. The minimum atomic E-state index is -0.528. The van der Waals surface area contributed by atoms with Crippen molar-refractivity contribution in [2.75, 3.05) is 30.4 Å². The molecule has 1 amide bonds. The molecule has 1 aliphatic rings. The first-order valence-corrected chi connectivity index (χ1v) is 11.7. The number of esters is 1. The zero-order valence-corrected chi connectivity index (χ0v) is 20.0. The molecule has 0 bridgehead atoms. The predicted octanol–water partition coefficient (Wildman–Crippen LogP) is 4.68. The SMILES string of the molecule is COC(=O)c1ccccc1NC(=O)c1nc(N2CCCC2)c2c(C)c(C)n(-c3ccccc3)c2n1. The molecule has 1 aliphatic heterocycles. The first-order valence-electron chi connectivity index (χ1n) is 11.7. The number of carbonyl (C=O) groups excluding carboxylic acids is 2. The minimum absolute atomic E-state index is 0.0498. The van der Waals surface area contributed by atoms with Gasteiger partial charge in [-0.2, -0.15) is 0 Å². The van der Waals surface area contributed by atoms with Crippen LogP contribution in [0.15, 0.2) is 54.6 Å². The highest BCUT2D eigenvalue weighted by atomic mass is 16.5. The third kappa shape index (κ3) is 4.01. The lowest BCUT2D eigenvalue weighted by atomic mass is 10.1. The second kappa shape index (κ2) is 9.21. The minimum Gasteiger partial charge on any atom is -0.465 e. The molecule has 2 aromatic heterocycles. The van der Waals surface area contributed by atoms with Gasteiger partial charge in [-0.1, -0.05) is 30.3 Å². The zero-order valence-electron chi connectivity index (χ0n) is 20.0. The summed E-state index contributed by atoms with van der Waals surface area (Å²) in [5, 5.41) is 3.77. The molecule has 1 saturated heterocycles. The molecule has 178 valence electrons. The van der Waals surface area contributed by atoms with E-state index in [0.717, 1.165) is 54.1 Å². The summed E-state index contributed by atoms with van der Waals surface area (Å²) in [4.78, 5) is 37.3. The summed E-state index contributed by atoms with van der Waals surface area (Å²) in [6, 6.07) is 16.7. The molecule has 0 radical (unpaired) electrons. The maximum absolute atomic E-state index is 13.4. The summed E-state index contributed by atoms with van der Waals surface area (Å²) >= 11 is 0. The molecule has 8 nitrogen and oxygen atoms in total. The van der Waals surface area contributed by atoms with Gasteiger partial charge in [-0.25, -0.2) is 14.8 Å². The second-order valence-electron chi connectivity index (χ2n) is 8.64. The number of hydrogen-bond donors (Lipinski definition) is 1. The summed E-state index contributed by atoms with van der Waals surface area (Å²) in [5.74, 6) is -0.193. The average Bonchev–Trinajstić information content (AvgIpc) is 3.51. The van der Waals surface area contributed by atoms with Crippen LogP contribution in [0.3, 0.4) is 0 Å². The van der Waals surface area contributed by atoms with E-state index in [9.17, 15) is 9.59 Å². The summed E-state index contributed by atoms with van der Waals surface area (Å²) < 4.78 is 6.93. The van der Waals surface area contributed by atoms with Gasteiger partial charge in [0.25, 0.3) is 5.91 Å².